The van der Waals surface area contributed by atoms with Gasteiger partial charge in [0, 0.05) is 14.1 Å². The number of ether oxygens (including phenoxy) is 1. The Morgan fingerprint density at radius 2 is 2.00 bits per heavy atom. The number of aliphatic hydroxyl groups is 1. The Kier molecular flexibility index (Phi) is 4.45. The second-order valence-corrected chi connectivity index (χ2v) is 6.06. The summed E-state index contributed by atoms with van der Waals surface area (Å²) in [5.74, 6) is 0.677. The summed E-state index contributed by atoms with van der Waals surface area (Å²) >= 11 is 0. The van der Waals surface area contributed by atoms with Crippen molar-refractivity contribution in [2.45, 2.75) is 19.6 Å². The Labute approximate surface area is 143 Å². The molecule has 0 aliphatic heterocycles. The average Bonchev–Trinajstić information content (AvgIpc) is 3.00. The highest BCUT2D eigenvalue weighted by Crippen LogP contribution is 2.13. The van der Waals surface area contributed by atoms with Crippen molar-refractivity contribution < 1.29 is 9.84 Å². The first-order valence-electron chi connectivity index (χ1n) is 7.87. The maximum Gasteiger partial charge on any atom is 0.332 e. The third kappa shape index (κ3) is 3.20. The molecule has 3 rings (SSSR count). The van der Waals surface area contributed by atoms with E-state index >= 15 is 0 Å². The summed E-state index contributed by atoms with van der Waals surface area (Å²) in [6.07, 6.45) is 0.624. The molecule has 0 bridgehead atoms. The molecule has 0 aliphatic rings. The van der Waals surface area contributed by atoms with Crippen LogP contribution in [-0.4, -0.2) is 36.5 Å². The molecule has 2 heterocycles. The predicted molar refractivity (Wildman–Crippen MR) is 92.9 cm³/mol. The van der Waals surface area contributed by atoms with Crippen LogP contribution >= 0.6 is 0 Å². The quantitative estimate of drug-likeness (QED) is 0.713. The van der Waals surface area contributed by atoms with Crippen molar-refractivity contribution in [3.8, 4) is 5.75 Å². The molecule has 0 saturated heterocycles. The van der Waals surface area contributed by atoms with E-state index in [2.05, 4.69) is 4.98 Å². The van der Waals surface area contributed by atoms with Crippen LogP contribution in [0.1, 0.15) is 5.56 Å². The fraction of sp³-hybridized carbons (Fsp3) is 0.353. The molecule has 3 aromatic rings. The molecular weight excluding hydrogens is 324 g/mol. The van der Waals surface area contributed by atoms with Crippen LogP contribution in [0.4, 0.5) is 0 Å². The molecule has 1 atom stereocenters. The van der Waals surface area contributed by atoms with Gasteiger partial charge < -0.3 is 14.4 Å². The minimum absolute atomic E-state index is 0.0852. The van der Waals surface area contributed by atoms with Crippen LogP contribution in [0.15, 0.2) is 40.2 Å². The first-order valence-corrected chi connectivity index (χ1v) is 7.87. The van der Waals surface area contributed by atoms with E-state index in [9.17, 15) is 14.7 Å². The van der Waals surface area contributed by atoms with Gasteiger partial charge in [0.05, 0.1) is 12.9 Å². The number of rotatable bonds is 5. The molecule has 1 N–H and O–H groups in total. The fourth-order valence-electron chi connectivity index (χ4n) is 2.75. The summed E-state index contributed by atoms with van der Waals surface area (Å²) in [6, 6.07) is 7.54. The maximum absolute atomic E-state index is 12.1. The molecule has 8 nitrogen and oxygen atoms in total. The molecule has 132 valence electrons. The van der Waals surface area contributed by atoms with E-state index in [0.29, 0.717) is 11.4 Å². The number of aryl methyl sites for hydroxylation is 2. The number of hydrogen-bond donors (Lipinski definition) is 1. The zero-order chi connectivity index (χ0) is 18.1. The molecule has 8 heteroatoms. The minimum atomic E-state index is -0.822. The molecule has 25 heavy (non-hydrogen) atoms. The molecule has 0 fully saturated rings. The Hall–Kier alpha value is -2.87. The summed E-state index contributed by atoms with van der Waals surface area (Å²) in [5.41, 5.74) is 0.740. The van der Waals surface area contributed by atoms with Gasteiger partial charge in [-0.05, 0) is 24.6 Å². The highest BCUT2D eigenvalue weighted by molar-refractivity contribution is 5.69. The zero-order valence-corrected chi connectivity index (χ0v) is 14.3. The lowest BCUT2D eigenvalue weighted by Gasteiger charge is -2.14. The molecule has 0 saturated carbocycles. The molecule has 1 unspecified atom stereocenters. The van der Waals surface area contributed by atoms with Crippen LogP contribution < -0.4 is 16.0 Å². The molecule has 0 radical (unpaired) electrons. The highest BCUT2D eigenvalue weighted by atomic mass is 16.5. The molecule has 0 spiro atoms. The minimum Gasteiger partial charge on any atom is -0.491 e. The van der Waals surface area contributed by atoms with Crippen molar-refractivity contribution in [3.05, 3.63) is 57.0 Å². The number of nitrogens with zero attached hydrogens (tertiary/aromatic N) is 4. The smallest absolute Gasteiger partial charge is 0.332 e. The van der Waals surface area contributed by atoms with E-state index in [1.165, 1.54) is 17.9 Å². The number of aromatic nitrogens is 4. The Bertz CT molecular complexity index is 1030. The van der Waals surface area contributed by atoms with Crippen LogP contribution in [-0.2, 0) is 20.6 Å². The molecule has 2 aromatic heterocycles. The predicted octanol–water partition coefficient (Wildman–Crippen LogP) is 0.182. The van der Waals surface area contributed by atoms with Crippen molar-refractivity contribution in [1.82, 2.24) is 18.7 Å². The van der Waals surface area contributed by atoms with E-state index < -0.39 is 17.4 Å². The summed E-state index contributed by atoms with van der Waals surface area (Å²) < 4.78 is 9.53. The van der Waals surface area contributed by atoms with E-state index in [1.54, 1.807) is 11.6 Å². The van der Waals surface area contributed by atoms with E-state index in [0.717, 1.165) is 10.1 Å². The normalized spacial score (nSPS) is 12.5. The zero-order valence-electron chi connectivity index (χ0n) is 14.3. The van der Waals surface area contributed by atoms with E-state index in [4.69, 9.17) is 4.74 Å². The van der Waals surface area contributed by atoms with Gasteiger partial charge in [0.2, 0.25) is 0 Å². The molecule has 0 aliphatic carbocycles. The summed E-state index contributed by atoms with van der Waals surface area (Å²) in [6.45, 7) is 2.20. The van der Waals surface area contributed by atoms with Gasteiger partial charge >= 0.3 is 5.69 Å². The Morgan fingerprint density at radius 3 is 2.72 bits per heavy atom. The molecule has 0 amide bonds. The first-order chi connectivity index (χ1) is 11.9. The van der Waals surface area contributed by atoms with Crippen LogP contribution in [0.25, 0.3) is 11.2 Å². The summed E-state index contributed by atoms with van der Waals surface area (Å²) in [5, 5.41) is 10.3. The van der Waals surface area contributed by atoms with Crippen LogP contribution in [0.2, 0.25) is 0 Å². The maximum atomic E-state index is 12.1. The second kappa shape index (κ2) is 6.56. The van der Waals surface area contributed by atoms with Crippen molar-refractivity contribution in [2.24, 2.45) is 14.1 Å². The summed E-state index contributed by atoms with van der Waals surface area (Å²) in [7, 11) is 2.98. The van der Waals surface area contributed by atoms with Crippen molar-refractivity contribution in [2.75, 3.05) is 6.61 Å². The van der Waals surface area contributed by atoms with Gasteiger partial charge in [-0.3, -0.25) is 13.9 Å². The lowest BCUT2D eigenvalue weighted by Crippen LogP contribution is -2.37. The largest absolute Gasteiger partial charge is 0.491 e. The fourth-order valence-corrected chi connectivity index (χ4v) is 2.75. The standard InChI is InChI=1S/C17H20N4O4/c1-11-5-4-6-13(7-11)25-9-12(22)8-21-10-18-14-15(21)19(2)17(24)20(3)16(14)23/h4-7,10,12,22H,8-9H2,1-3H3. The van der Waals surface area contributed by atoms with Gasteiger partial charge in [-0.15, -0.1) is 0 Å². The van der Waals surface area contributed by atoms with E-state index in [1.807, 2.05) is 31.2 Å². The van der Waals surface area contributed by atoms with Gasteiger partial charge in [0.1, 0.15) is 24.1 Å². The summed E-state index contributed by atoms with van der Waals surface area (Å²) in [4.78, 5) is 28.3. The highest BCUT2D eigenvalue weighted by Gasteiger charge is 2.16. The number of fused-ring (bicyclic) bond motifs is 1. The van der Waals surface area contributed by atoms with Crippen molar-refractivity contribution in [1.29, 1.82) is 0 Å². The number of imidazole rings is 1. The van der Waals surface area contributed by atoms with Crippen LogP contribution in [0.5, 0.6) is 5.75 Å². The van der Waals surface area contributed by atoms with Gasteiger partial charge in [-0.1, -0.05) is 12.1 Å². The number of hydrogen-bond acceptors (Lipinski definition) is 5. The topological polar surface area (TPSA) is 91.3 Å². The SMILES string of the molecule is Cc1cccc(OCC(O)Cn2cnc3c(=O)n(C)c(=O)n(C)c32)c1. The molecular formula is C17H20N4O4. The first kappa shape index (κ1) is 17.0. The Balaban J connectivity index is 1.81. The van der Waals surface area contributed by atoms with Crippen molar-refractivity contribution in [3.63, 3.8) is 0 Å². The lowest BCUT2D eigenvalue weighted by atomic mass is 10.2. The monoisotopic (exact) mass is 344 g/mol. The van der Waals surface area contributed by atoms with Crippen LogP contribution in [0, 0.1) is 6.92 Å². The number of benzene rings is 1. The van der Waals surface area contributed by atoms with Crippen molar-refractivity contribution >= 4 is 11.2 Å². The van der Waals surface area contributed by atoms with Gasteiger partial charge in [-0.25, -0.2) is 9.78 Å². The average molecular weight is 344 g/mol. The molecule has 1 aromatic carbocycles. The number of aliphatic hydroxyl groups excluding tert-OH is 1. The second-order valence-electron chi connectivity index (χ2n) is 6.06. The Morgan fingerprint density at radius 1 is 1.24 bits per heavy atom. The lowest BCUT2D eigenvalue weighted by molar-refractivity contribution is 0.0931. The third-order valence-corrected chi connectivity index (χ3v) is 4.05. The van der Waals surface area contributed by atoms with Gasteiger partial charge in [0.15, 0.2) is 5.52 Å². The van der Waals surface area contributed by atoms with Crippen LogP contribution in [0.3, 0.4) is 0 Å². The van der Waals surface area contributed by atoms with Gasteiger partial charge in [-0.2, -0.15) is 0 Å². The third-order valence-electron chi connectivity index (χ3n) is 4.05. The van der Waals surface area contributed by atoms with E-state index in [-0.39, 0.29) is 18.7 Å². The van der Waals surface area contributed by atoms with Gasteiger partial charge in [0.25, 0.3) is 5.56 Å².